The molecule has 0 aliphatic carbocycles. The van der Waals surface area contributed by atoms with Gasteiger partial charge in [0, 0.05) is 39.8 Å². The van der Waals surface area contributed by atoms with Gasteiger partial charge in [0.1, 0.15) is 0 Å². The second kappa shape index (κ2) is 8.26. The monoisotopic (exact) mass is 398 g/mol. The highest BCUT2D eigenvalue weighted by Gasteiger charge is 2.12. The van der Waals surface area contributed by atoms with Gasteiger partial charge in [-0.15, -0.1) is 6.42 Å². The summed E-state index contributed by atoms with van der Waals surface area (Å²) in [7, 11) is 0. The number of benzene rings is 3. The van der Waals surface area contributed by atoms with Gasteiger partial charge < -0.3 is 10.3 Å². The fourth-order valence-electron chi connectivity index (χ4n) is 3.44. The number of aromatic nitrogens is 1. The van der Waals surface area contributed by atoms with Crippen molar-refractivity contribution in [1.29, 1.82) is 0 Å². The number of hydrogen-bond acceptors (Lipinski definition) is 1. The molecule has 1 amide bonds. The fourth-order valence-corrected chi connectivity index (χ4v) is 3.61. The minimum Gasteiger partial charge on any atom is -0.361 e. The summed E-state index contributed by atoms with van der Waals surface area (Å²) < 4.78 is 0. The van der Waals surface area contributed by atoms with E-state index in [0.29, 0.717) is 23.6 Å². The molecule has 0 saturated carbocycles. The molecular weight excluding hydrogens is 380 g/mol. The second-order valence-corrected chi connectivity index (χ2v) is 7.21. The van der Waals surface area contributed by atoms with Gasteiger partial charge in [-0.3, -0.25) is 4.79 Å². The average Bonchev–Trinajstić information content (AvgIpc) is 3.16. The van der Waals surface area contributed by atoms with E-state index >= 15 is 0 Å². The highest BCUT2D eigenvalue weighted by Crippen LogP contribution is 2.25. The lowest BCUT2D eigenvalue weighted by molar-refractivity contribution is 0.0955. The van der Waals surface area contributed by atoms with E-state index in [4.69, 9.17) is 18.0 Å². The highest BCUT2D eigenvalue weighted by molar-refractivity contribution is 6.31. The van der Waals surface area contributed by atoms with Gasteiger partial charge in [0.05, 0.1) is 0 Å². The van der Waals surface area contributed by atoms with E-state index < -0.39 is 0 Å². The van der Waals surface area contributed by atoms with Crippen molar-refractivity contribution in [3.8, 4) is 23.5 Å². The molecule has 0 radical (unpaired) electrons. The van der Waals surface area contributed by atoms with Crippen LogP contribution in [0.5, 0.6) is 0 Å². The van der Waals surface area contributed by atoms with Crippen LogP contribution in [0.15, 0.2) is 72.9 Å². The minimum absolute atomic E-state index is 0.0977. The third-order valence-corrected chi connectivity index (χ3v) is 5.18. The first-order chi connectivity index (χ1) is 14.2. The normalized spacial score (nSPS) is 10.6. The zero-order chi connectivity index (χ0) is 20.2. The highest BCUT2D eigenvalue weighted by atomic mass is 35.5. The lowest BCUT2D eigenvalue weighted by Crippen LogP contribution is -2.26. The van der Waals surface area contributed by atoms with Gasteiger partial charge in [0.25, 0.3) is 5.91 Å². The van der Waals surface area contributed by atoms with Crippen molar-refractivity contribution >= 4 is 28.4 Å². The van der Waals surface area contributed by atoms with Gasteiger partial charge in [0.15, 0.2) is 0 Å². The minimum atomic E-state index is -0.0977. The Morgan fingerprint density at radius 2 is 1.86 bits per heavy atom. The molecule has 4 heteroatoms. The van der Waals surface area contributed by atoms with Gasteiger partial charge in [-0.1, -0.05) is 47.9 Å². The summed E-state index contributed by atoms with van der Waals surface area (Å²) in [5.74, 6) is 2.51. The first-order valence-electron chi connectivity index (χ1n) is 9.35. The molecule has 29 heavy (non-hydrogen) atoms. The fraction of sp³-hybridized carbons (Fsp3) is 0.0800. The van der Waals surface area contributed by atoms with Crippen LogP contribution < -0.4 is 5.32 Å². The molecule has 3 aromatic carbocycles. The van der Waals surface area contributed by atoms with Crippen LogP contribution in [0.25, 0.3) is 22.0 Å². The summed E-state index contributed by atoms with van der Waals surface area (Å²) in [6.07, 6.45) is 8.11. The Kier molecular flexibility index (Phi) is 5.37. The van der Waals surface area contributed by atoms with E-state index in [1.807, 2.05) is 72.9 Å². The van der Waals surface area contributed by atoms with Crippen LogP contribution in [0, 0.1) is 12.3 Å². The number of terminal acetylenes is 1. The van der Waals surface area contributed by atoms with Crippen molar-refractivity contribution in [3.63, 3.8) is 0 Å². The standard InChI is InChI=1S/C25H19ClN2O/c1-2-17-7-9-18(10-8-17)21-5-3-4-6-22(21)25(29)27-14-13-19-16-28-24-12-11-20(26)15-23(19)24/h1,3-12,15-16,28H,13-14H2,(H,27,29). The van der Waals surface area contributed by atoms with Crippen molar-refractivity contribution in [2.45, 2.75) is 6.42 Å². The molecule has 0 spiro atoms. The Hall–Kier alpha value is -3.48. The molecule has 142 valence electrons. The third-order valence-electron chi connectivity index (χ3n) is 4.94. The number of nitrogens with one attached hydrogen (secondary N) is 2. The Morgan fingerprint density at radius 3 is 2.66 bits per heavy atom. The van der Waals surface area contributed by atoms with E-state index in [-0.39, 0.29) is 5.91 Å². The number of amides is 1. The molecule has 0 saturated heterocycles. The molecule has 0 atom stereocenters. The number of hydrogen-bond donors (Lipinski definition) is 2. The molecule has 0 unspecified atom stereocenters. The van der Waals surface area contributed by atoms with E-state index in [1.54, 1.807) is 0 Å². The maximum atomic E-state index is 12.8. The quantitative estimate of drug-likeness (QED) is 0.432. The molecule has 0 aliphatic rings. The molecule has 0 aliphatic heterocycles. The number of H-pyrrole nitrogens is 1. The topological polar surface area (TPSA) is 44.9 Å². The van der Waals surface area contributed by atoms with Crippen LogP contribution >= 0.6 is 11.6 Å². The van der Waals surface area contributed by atoms with Crippen molar-refractivity contribution in [3.05, 3.63) is 94.6 Å². The second-order valence-electron chi connectivity index (χ2n) is 6.78. The number of carbonyl (C=O) groups is 1. The summed E-state index contributed by atoms with van der Waals surface area (Å²) in [6.45, 7) is 0.530. The van der Waals surface area contributed by atoms with Gasteiger partial charge in [-0.25, -0.2) is 0 Å². The first kappa shape index (κ1) is 18.9. The van der Waals surface area contributed by atoms with Crippen molar-refractivity contribution in [2.75, 3.05) is 6.54 Å². The molecule has 1 aromatic heterocycles. The average molecular weight is 399 g/mol. The summed E-state index contributed by atoms with van der Waals surface area (Å²) in [5.41, 5.74) is 5.46. The van der Waals surface area contributed by atoms with Crippen LogP contribution in [0.2, 0.25) is 5.02 Å². The zero-order valence-electron chi connectivity index (χ0n) is 15.7. The predicted molar refractivity (Wildman–Crippen MR) is 119 cm³/mol. The maximum absolute atomic E-state index is 12.8. The van der Waals surface area contributed by atoms with Crippen molar-refractivity contribution < 1.29 is 4.79 Å². The summed E-state index contributed by atoms with van der Waals surface area (Å²) in [5, 5.41) is 4.82. The first-order valence-corrected chi connectivity index (χ1v) is 9.73. The third kappa shape index (κ3) is 4.03. The van der Waals surface area contributed by atoms with Gasteiger partial charge >= 0.3 is 0 Å². The Bertz CT molecular complexity index is 1220. The van der Waals surface area contributed by atoms with Gasteiger partial charge in [-0.2, -0.15) is 0 Å². The number of fused-ring (bicyclic) bond motifs is 1. The zero-order valence-corrected chi connectivity index (χ0v) is 16.5. The Balaban J connectivity index is 1.49. The SMILES string of the molecule is C#Cc1ccc(-c2ccccc2C(=O)NCCc2c[nH]c3ccc(Cl)cc23)cc1. The van der Waals surface area contributed by atoms with Crippen LogP contribution in [-0.4, -0.2) is 17.4 Å². The lowest BCUT2D eigenvalue weighted by atomic mass is 9.98. The molecule has 4 aromatic rings. The van der Waals surface area contributed by atoms with Gasteiger partial charge in [-0.05, 0) is 59.5 Å². The smallest absolute Gasteiger partial charge is 0.251 e. The molecule has 3 nitrogen and oxygen atoms in total. The van der Waals surface area contributed by atoms with E-state index in [2.05, 4.69) is 16.2 Å². The van der Waals surface area contributed by atoms with Crippen LogP contribution in [-0.2, 0) is 6.42 Å². The molecular formula is C25H19ClN2O. The van der Waals surface area contributed by atoms with E-state index in [1.165, 1.54) is 0 Å². The molecule has 4 rings (SSSR count). The molecule has 0 bridgehead atoms. The molecule has 1 heterocycles. The van der Waals surface area contributed by atoms with E-state index in [0.717, 1.165) is 33.2 Å². The summed E-state index contributed by atoms with van der Waals surface area (Å²) in [4.78, 5) is 16.1. The van der Waals surface area contributed by atoms with Crippen molar-refractivity contribution in [2.24, 2.45) is 0 Å². The maximum Gasteiger partial charge on any atom is 0.251 e. The van der Waals surface area contributed by atoms with Crippen LogP contribution in [0.3, 0.4) is 0 Å². The van der Waals surface area contributed by atoms with E-state index in [9.17, 15) is 4.79 Å². The van der Waals surface area contributed by atoms with Gasteiger partial charge in [0.2, 0.25) is 0 Å². The Morgan fingerprint density at radius 1 is 1.07 bits per heavy atom. The Labute approximate surface area is 174 Å². The predicted octanol–water partition coefficient (Wildman–Crippen LogP) is 5.44. The number of rotatable bonds is 5. The van der Waals surface area contributed by atoms with Crippen LogP contribution in [0.4, 0.5) is 0 Å². The number of halogens is 1. The molecule has 0 fully saturated rings. The number of aromatic amines is 1. The van der Waals surface area contributed by atoms with Crippen molar-refractivity contribution in [1.82, 2.24) is 10.3 Å². The molecule has 2 N–H and O–H groups in total. The lowest BCUT2D eigenvalue weighted by Gasteiger charge is -2.10. The van der Waals surface area contributed by atoms with Crippen LogP contribution in [0.1, 0.15) is 21.5 Å². The largest absolute Gasteiger partial charge is 0.361 e. The number of carbonyl (C=O) groups excluding carboxylic acids is 1. The summed E-state index contributed by atoms with van der Waals surface area (Å²) >= 11 is 6.11. The summed E-state index contributed by atoms with van der Waals surface area (Å²) in [6, 6.07) is 21.0.